The van der Waals surface area contributed by atoms with Crippen LogP contribution in [0.3, 0.4) is 0 Å². The fourth-order valence-corrected chi connectivity index (χ4v) is 1.07. The molecule has 1 fully saturated rings. The second-order valence-corrected chi connectivity index (χ2v) is 2.52. The van der Waals surface area contributed by atoms with E-state index >= 15 is 0 Å². The van der Waals surface area contributed by atoms with E-state index in [1.165, 1.54) is 0 Å². The summed E-state index contributed by atoms with van der Waals surface area (Å²) in [5.41, 5.74) is 0. The van der Waals surface area contributed by atoms with Gasteiger partial charge in [-0.2, -0.15) is 0 Å². The first kappa shape index (κ1) is 14.0. The highest BCUT2D eigenvalue weighted by molar-refractivity contribution is 5.85. The fourth-order valence-electron chi connectivity index (χ4n) is 1.07. The number of hydrogen-bond donors (Lipinski definition) is 2. The molecule has 1 aliphatic heterocycles. The Morgan fingerprint density at radius 2 is 2.18 bits per heavy atom. The number of piperazine rings is 1. The summed E-state index contributed by atoms with van der Waals surface area (Å²) in [6.45, 7) is 3.29. The van der Waals surface area contributed by atoms with Gasteiger partial charge in [-0.1, -0.05) is 0 Å². The summed E-state index contributed by atoms with van der Waals surface area (Å²) in [6, 6.07) is 0.332. The van der Waals surface area contributed by atoms with E-state index < -0.39 is 0 Å². The molecule has 1 unspecified atom stereocenters. The van der Waals surface area contributed by atoms with Gasteiger partial charge in [0.1, 0.15) is 0 Å². The summed E-state index contributed by atoms with van der Waals surface area (Å²) in [7, 11) is 2.04. The quantitative estimate of drug-likeness (QED) is 0.615. The van der Waals surface area contributed by atoms with Crippen molar-refractivity contribution in [3.8, 4) is 0 Å². The van der Waals surface area contributed by atoms with Crippen LogP contribution in [-0.4, -0.2) is 49.3 Å². The van der Waals surface area contributed by atoms with Gasteiger partial charge in [0.2, 0.25) is 0 Å². The van der Waals surface area contributed by atoms with Crippen molar-refractivity contribution in [2.75, 3.05) is 33.3 Å². The van der Waals surface area contributed by atoms with E-state index in [2.05, 4.69) is 10.2 Å². The normalized spacial score (nSPS) is 25.1. The summed E-state index contributed by atoms with van der Waals surface area (Å²) < 4.78 is 0. The lowest BCUT2D eigenvalue weighted by Crippen LogP contribution is -2.50. The highest BCUT2D eigenvalue weighted by Gasteiger charge is 2.16. The van der Waals surface area contributed by atoms with Crippen LogP contribution < -0.4 is 5.32 Å². The molecule has 0 bridgehead atoms. The number of nitrogens with one attached hydrogen (secondary N) is 1. The largest absolute Gasteiger partial charge is 0.395 e. The maximum absolute atomic E-state index is 8.78. The molecule has 1 aliphatic rings. The molecule has 1 saturated heterocycles. The zero-order valence-corrected chi connectivity index (χ0v) is 8.25. The number of halogens is 2. The molecular formula is C6H16Cl2N2O. The number of likely N-dealkylation sites (N-methyl/N-ethyl adjacent to an activating group) is 1. The van der Waals surface area contributed by atoms with Gasteiger partial charge in [0.25, 0.3) is 0 Å². The molecule has 0 aromatic heterocycles. The van der Waals surface area contributed by atoms with Crippen molar-refractivity contribution in [3.63, 3.8) is 0 Å². The third-order valence-electron chi connectivity index (χ3n) is 1.86. The van der Waals surface area contributed by atoms with Gasteiger partial charge in [-0.05, 0) is 7.05 Å². The molecule has 0 radical (unpaired) electrons. The van der Waals surface area contributed by atoms with Gasteiger partial charge in [-0.15, -0.1) is 24.8 Å². The monoisotopic (exact) mass is 202 g/mol. The lowest BCUT2D eigenvalue weighted by molar-refractivity contribution is 0.124. The topological polar surface area (TPSA) is 35.5 Å². The van der Waals surface area contributed by atoms with Crippen LogP contribution >= 0.6 is 24.8 Å². The van der Waals surface area contributed by atoms with Crippen LogP contribution in [0.25, 0.3) is 0 Å². The van der Waals surface area contributed by atoms with Gasteiger partial charge < -0.3 is 10.4 Å². The molecule has 70 valence electrons. The Morgan fingerprint density at radius 1 is 1.55 bits per heavy atom. The van der Waals surface area contributed by atoms with Crippen LogP contribution in [0.4, 0.5) is 0 Å². The third kappa shape index (κ3) is 4.13. The molecule has 11 heavy (non-hydrogen) atoms. The molecule has 1 rings (SSSR count). The molecular weight excluding hydrogens is 187 g/mol. The molecule has 0 amide bonds. The summed E-state index contributed by atoms with van der Waals surface area (Å²) in [6.07, 6.45) is 0. The summed E-state index contributed by atoms with van der Waals surface area (Å²) in [5, 5.41) is 12.0. The van der Waals surface area contributed by atoms with Crippen LogP contribution in [-0.2, 0) is 0 Å². The Morgan fingerprint density at radius 3 is 2.55 bits per heavy atom. The van der Waals surface area contributed by atoms with Gasteiger partial charge in [0.15, 0.2) is 0 Å². The Bertz CT molecular complexity index is 94.7. The zero-order chi connectivity index (χ0) is 6.69. The predicted molar refractivity (Wildman–Crippen MR) is 50.9 cm³/mol. The van der Waals surface area contributed by atoms with Crippen molar-refractivity contribution in [1.82, 2.24) is 10.2 Å². The maximum Gasteiger partial charge on any atom is 0.0599 e. The minimum atomic E-state index is 0. The molecule has 0 aliphatic carbocycles. The van der Waals surface area contributed by atoms with Crippen molar-refractivity contribution in [3.05, 3.63) is 0 Å². The Labute approximate surface area is 80.0 Å². The van der Waals surface area contributed by atoms with Gasteiger partial charge in [0, 0.05) is 25.7 Å². The van der Waals surface area contributed by atoms with Crippen molar-refractivity contribution in [1.29, 1.82) is 0 Å². The highest BCUT2D eigenvalue weighted by Crippen LogP contribution is 1.96. The molecule has 0 spiro atoms. The number of aliphatic hydroxyl groups excluding tert-OH is 1. The Hall–Kier alpha value is 0.460. The first-order valence-electron chi connectivity index (χ1n) is 3.36. The number of nitrogens with zero attached hydrogens (tertiary/aromatic N) is 1. The van der Waals surface area contributed by atoms with E-state index in [1.807, 2.05) is 7.05 Å². The number of hydrogen-bond acceptors (Lipinski definition) is 3. The average molecular weight is 203 g/mol. The highest BCUT2D eigenvalue weighted by atomic mass is 35.5. The number of rotatable bonds is 1. The summed E-state index contributed by atoms with van der Waals surface area (Å²) >= 11 is 0. The second-order valence-electron chi connectivity index (χ2n) is 2.52. The minimum absolute atomic E-state index is 0. The number of aliphatic hydroxyl groups is 1. The Kier molecular flexibility index (Phi) is 9.08. The smallest absolute Gasteiger partial charge is 0.0599 e. The molecule has 0 saturated carbocycles. The molecule has 0 aromatic rings. The summed E-state index contributed by atoms with van der Waals surface area (Å²) in [4.78, 5) is 2.18. The molecule has 0 aromatic carbocycles. The van der Waals surface area contributed by atoms with Crippen LogP contribution in [0.15, 0.2) is 0 Å². The van der Waals surface area contributed by atoms with E-state index in [9.17, 15) is 0 Å². The van der Waals surface area contributed by atoms with Crippen molar-refractivity contribution >= 4 is 24.8 Å². The van der Waals surface area contributed by atoms with Crippen LogP contribution in [0.5, 0.6) is 0 Å². The van der Waals surface area contributed by atoms with Crippen molar-refractivity contribution in [2.45, 2.75) is 6.04 Å². The van der Waals surface area contributed by atoms with Crippen molar-refractivity contribution < 1.29 is 5.11 Å². The standard InChI is InChI=1S/C6H14N2O.2ClH/c1-8-3-2-7-4-6(8)5-9;;/h6-7,9H,2-5H2,1H3;2*1H. The van der Waals surface area contributed by atoms with E-state index in [0.717, 1.165) is 19.6 Å². The van der Waals surface area contributed by atoms with Gasteiger partial charge in [0.05, 0.1) is 6.61 Å². The second kappa shape index (κ2) is 7.13. The lowest BCUT2D eigenvalue weighted by Gasteiger charge is -2.31. The first-order valence-corrected chi connectivity index (χ1v) is 3.36. The SMILES string of the molecule is CN1CCNCC1CO.Cl.Cl. The predicted octanol–water partition coefficient (Wildman–Crippen LogP) is -0.274. The van der Waals surface area contributed by atoms with Gasteiger partial charge in [-0.25, -0.2) is 0 Å². The first-order chi connectivity index (χ1) is 4.34. The van der Waals surface area contributed by atoms with Gasteiger partial charge >= 0.3 is 0 Å². The molecule has 1 heterocycles. The summed E-state index contributed by atoms with van der Waals surface area (Å²) in [5.74, 6) is 0. The average Bonchev–Trinajstić information content (AvgIpc) is 1.89. The van der Waals surface area contributed by atoms with E-state index in [0.29, 0.717) is 6.04 Å². The maximum atomic E-state index is 8.78. The molecule has 1 atom stereocenters. The van der Waals surface area contributed by atoms with Crippen LogP contribution in [0.2, 0.25) is 0 Å². The van der Waals surface area contributed by atoms with Gasteiger partial charge in [-0.3, -0.25) is 4.90 Å². The zero-order valence-electron chi connectivity index (χ0n) is 6.62. The van der Waals surface area contributed by atoms with Crippen LogP contribution in [0.1, 0.15) is 0 Å². The van der Waals surface area contributed by atoms with E-state index in [1.54, 1.807) is 0 Å². The lowest BCUT2D eigenvalue weighted by atomic mass is 10.2. The Balaban J connectivity index is 0. The molecule has 5 heteroatoms. The fraction of sp³-hybridized carbons (Fsp3) is 1.00. The molecule has 3 nitrogen and oxygen atoms in total. The minimum Gasteiger partial charge on any atom is -0.395 e. The van der Waals surface area contributed by atoms with E-state index in [-0.39, 0.29) is 31.4 Å². The van der Waals surface area contributed by atoms with E-state index in [4.69, 9.17) is 5.11 Å². The molecule has 2 N–H and O–H groups in total. The third-order valence-corrected chi connectivity index (χ3v) is 1.86. The van der Waals surface area contributed by atoms with Crippen molar-refractivity contribution in [2.24, 2.45) is 0 Å². The van der Waals surface area contributed by atoms with Crippen LogP contribution in [0, 0.1) is 0 Å².